The van der Waals surface area contributed by atoms with E-state index in [-0.39, 0.29) is 6.09 Å². The number of nitrogens with one attached hydrogen (secondary N) is 1. The second kappa shape index (κ2) is 5.89. The number of alkyl carbamates (subject to hydrolysis) is 1. The van der Waals surface area contributed by atoms with Gasteiger partial charge in [0.1, 0.15) is 12.9 Å². The van der Waals surface area contributed by atoms with Crippen LogP contribution in [0.25, 0.3) is 0 Å². The molecule has 0 aliphatic heterocycles. The summed E-state index contributed by atoms with van der Waals surface area (Å²) in [5.41, 5.74) is -0.402. The Morgan fingerprint density at radius 2 is 2.08 bits per heavy atom. The van der Waals surface area contributed by atoms with Crippen LogP contribution in [0.2, 0.25) is 13.1 Å². The van der Waals surface area contributed by atoms with Crippen molar-refractivity contribution >= 4 is 13.4 Å². The Kier molecular flexibility index (Phi) is 5.59. The SMILES string of the molecule is C[B]CCCNC(=O)OC(C)(C)C. The Morgan fingerprint density at radius 3 is 2.54 bits per heavy atom. The van der Waals surface area contributed by atoms with Crippen LogP contribution in [-0.2, 0) is 4.74 Å². The fourth-order valence-electron chi connectivity index (χ4n) is 0.811. The Labute approximate surface area is 81.5 Å². The predicted molar refractivity (Wildman–Crippen MR) is 55.3 cm³/mol. The van der Waals surface area contributed by atoms with E-state index >= 15 is 0 Å². The summed E-state index contributed by atoms with van der Waals surface area (Å²) >= 11 is 0. The van der Waals surface area contributed by atoms with Crippen LogP contribution in [0.3, 0.4) is 0 Å². The summed E-state index contributed by atoms with van der Waals surface area (Å²) in [6, 6.07) is 0. The highest BCUT2D eigenvalue weighted by Crippen LogP contribution is 2.06. The summed E-state index contributed by atoms with van der Waals surface area (Å²) in [5.74, 6) is 0. The highest BCUT2D eigenvalue weighted by atomic mass is 16.6. The fourth-order valence-corrected chi connectivity index (χ4v) is 0.811. The first-order chi connectivity index (χ1) is 5.95. The number of rotatable bonds is 4. The van der Waals surface area contributed by atoms with Crippen molar-refractivity contribution in [3.63, 3.8) is 0 Å². The van der Waals surface area contributed by atoms with Crippen molar-refractivity contribution in [2.45, 2.75) is 45.9 Å². The number of ether oxygens (including phenoxy) is 1. The summed E-state index contributed by atoms with van der Waals surface area (Å²) in [7, 11) is 2.08. The van der Waals surface area contributed by atoms with E-state index in [1.807, 2.05) is 27.6 Å². The Morgan fingerprint density at radius 1 is 1.46 bits per heavy atom. The van der Waals surface area contributed by atoms with Crippen molar-refractivity contribution < 1.29 is 9.53 Å². The second-order valence-electron chi connectivity index (χ2n) is 3.98. The molecule has 0 aliphatic carbocycles. The van der Waals surface area contributed by atoms with E-state index in [9.17, 15) is 4.79 Å². The maximum atomic E-state index is 11.1. The van der Waals surface area contributed by atoms with Gasteiger partial charge >= 0.3 is 6.09 Å². The van der Waals surface area contributed by atoms with Crippen LogP contribution >= 0.6 is 0 Å². The van der Waals surface area contributed by atoms with E-state index in [0.717, 1.165) is 12.7 Å². The normalized spacial score (nSPS) is 10.8. The minimum absolute atomic E-state index is 0.330. The van der Waals surface area contributed by atoms with Gasteiger partial charge in [0.2, 0.25) is 0 Å². The van der Waals surface area contributed by atoms with E-state index in [1.54, 1.807) is 0 Å². The summed E-state index contributed by atoms with van der Waals surface area (Å²) in [4.78, 5) is 11.1. The van der Waals surface area contributed by atoms with Gasteiger partial charge in [-0.2, -0.15) is 0 Å². The third-order valence-corrected chi connectivity index (χ3v) is 1.34. The quantitative estimate of drug-likeness (QED) is 0.536. The zero-order chi connectivity index (χ0) is 10.3. The summed E-state index contributed by atoms with van der Waals surface area (Å²) in [5, 5.41) is 2.69. The summed E-state index contributed by atoms with van der Waals surface area (Å²) < 4.78 is 5.06. The highest BCUT2D eigenvalue weighted by Gasteiger charge is 2.15. The predicted octanol–water partition coefficient (Wildman–Crippen LogP) is 2.07. The molecule has 0 aromatic heterocycles. The van der Waals surface area contributed by atoms with Gasteiger partial charge in [0.15, 0.2) is 0 Å². The molecule has 0 rings (SSSR count). The van der Waals surface area contributed by atoms with Gasteiger partial charge in [-0.3, -0.25) is 0 Å². The number of hydrogen-bond donors (Lipinski definition) is 1. The molecule has 0 heterocycles. The van der Waals surface area contributed by atoms with Gasteiger partial charge in [-0.05, 0) is 27.2 Å². The molecule has 1 radical (unpaired) electrons. The first kappa shape index (κ1) is 12.3. The molecule has 0 fully saturated rings. The van der Waals surface area contributed by atoms with E-state index in [4.69, 9.17) is 4.74 Å². The van der Waals surface area contributed by atoms with Crippen LogP contribution < -0.4 is 5.32 Å². The van der Waals surface area contributed by atoms with Gasteiger partial charge in [-0.15, -0.1) is 0 Å². The second-order valence-corrected chi connectivity index (χ2v) is 3.98. The molecule has 0 bridgehead atoms. The van der Waals surface area contributed by atoms with Crippen LogP contribution in [0, 0.1) is 0 Å². The lowest BCUT2D eigenvalue weighted by Gasteiger charge is -2.19. The number of carbonyl (C=O) groups excluding carboxylic acids is 1. The topological polar surface area (TPSA) is 38.3 Å². The van der Waals surface area contributed by atoms with E-state index < -0.39 is 5.60 Å². The van der Waals surface area contributed by atoms with Crippen LogP contribution in [0.1, 0.15) is 27.2 Å². The summed E-state index contributed by atoms with van der Waals surface area (Å²) in [6.45, 7) is 8.25. The highest BCUT2D eigenvalue weighted by molar-refractivity contribution is 6.33. The maximum Gasteiger partial charge on any atom is 0.407 e. The van der Waals surface area contributed by atoms with Crippen molar-refractivity contribution in [1.29, 1.82) is 0 Å². The largest absolute Gasteiger partial charge is 0.444 e. The van der Waals surface area contributed by atoms with Gasteiger partial charge in [0.25, 0.3) is 0 Å². The van der Waals surface area contributed by atoms with Crippen molar-refractivity contribution in [1.82, 2.24) is 5.32 Å². The molecule has 0 aliphatic rings. The smallest absolute Gasteiger partial charge is 0.407 e. The number of hydrogen-bond acceptors (Lipinski definition) is 2. The molecule has 0 unspecified atom stereocenters. The molecule has 0 spiro atoms. The van der Waals surface area contributed by atoms with Gasteiger partial charge in [-0.25, -0.2) is 4.79 Å². The molecule has 1 amide bonds. The molecule has 75 valence electrons. The minimum atomic E-state index is -0.402. The first-order valence-corrected chi connectivity index (χ1v) is 4.70. The fraction of sp³-hybridized carbons (Fsp3) is 0.889. The third kappa shape index (κ3) is 9.25. The molecule has 1 N–H and O–H groups in total. The summed E-state index contributed by atoms with van der Waals surface area (Å²) in [6.07, 6.45) is 1.66. The van der Waals surface area contributed by atoms with Gasteiger partial charge in [0.05, 0.1) is 0 Å². The molecular weight excluding hydrogens is 165 g/mol. The van der Waals surface area contributed by atoms with E-state index in [2.05, 4.69) is 12.6 Å². The van der Waals surface area contributed by atoms with Crippen molar-refractivity contribution in [2.24, 2.45) is 0 Å². The standard InChI is InChI=1S/C9H19BNO2/c1-9(2,3)13-8(12)11-7-5-6-10-4/h5-7H2,1-4H3,(H,11,12). The molecule has 0 atom stereocenters. The zero-order valence-electron chi connectivity index (χ0n) is 9.02. The van der Waals surface area contributed by atoms with Crippen LogP contribution in [0.15, 0.2) is 0 Å². The minimum Gasteiger partial charge on any atom is -0.444 e. The molecule has 0 saturated carbocycles. The molecular formula is C9H19BNO2. The molecule has 3 nitrogen and oxygen atoms in total. The first-order valence-electron chi connectivity index (χ1n) is 4.70. The Bertz CT molecular complexity index is 154. The van der Waals surface area contributed by atoms with Crippen molar-refractivity contribution in [2.75, 3.05) is 6.54 Å². The third-order valence-electron chi connectivity index (χ3n) is 1.34. The Hall–Kier alpha value is -0.665. The van der Waals surface area contributed by atoms with Crippen molar-refractivity contribution in [3.8, 4) is 0 Å². The van der Waals surface area contributed by atoms with Crippen LogP contribution in [-0.4, -0.2) is 25.5 Å². The van der Waals surface area contributed by atoms with Gasteiger partial charge < -0.3 is 10.1 Å². The average molecular weight is 184 g/mol. The monoisotopic (exact) mass is 184 g/mol. The molecule has 4 heteroatoms. The van der Waals surface area contributed by atoms with Crippen LogP contribution in [0.5, 0.6) is 0 Å². The lowest BCUT2D eigenvalue weighted by molar-refractivity contribution is 0.0528. The van der Waals surface area contributed by atoms with E-state index in [0.29, 0.717) is 6.54 Å². The van der Waals surface area contributed by atoms with Crippen LogP contribution in [0.4, 0.5) is 4.79 Å². The average Bonchev–Trinajstić information content (AvgIpc) is 1.94. The maximum absolute atomic E-state index is 11.1. The molecule has 0 saturated heterocycles. The van der Waals surface area contributed by atoms with Gasteiger partial charge in [-0.1, -0.05) is 13.1 Å². The van der Waals surface area contributed by atoms with Gasteiger partial charge in [0, 0.05) is 6.54 Å². The van der Waals surface area contributed by atoms with E-state index in [1.165, 1.54) is 0 Å². The molecule has 0 aromatic carbocycles. The molecule has 13 heavy (non-hydrogen) atoms. The van der Waals surface area contributed by atoms with Crippen molar-refractivity contribution in [3.05, 3.63) is 0 Å². The lowest BCUT2D eigenvalue weighted by atomic mass is 9.77. The zero-order valence-corrected chi connectivity index (χ0v) is 9.02. The number of carbonyl (C=O) groups is 1. The number of amides is 1. The molecule has 0 aromatic rings. The lowest BCUT2D eigenvalue weighted by Crippen LogP contribution is -2.33. The Balaban J connectivity index is 3.41.